The highest BCUT2D eigenvalue weighted by Gasteiger charge is 2.12. The van der Waals surface area contributed by atoms with Crippen molar-refractivity contribution < 1.29 is 0 Å². The van der Waals surface area contributed by atoms with Crippen molar-refractivity contribution in [2.75, 3.05) is 19.6 Å². The Morgan fingerprint density at radius 3 is 2.55 bits per heavy atom. The Hall–Kier alpha value is -1.30. The van der Waals surface area contributed by atoms with E-state index in [0.717, 1.165) is 29.9 Å². The van der Waals surface area contributed by atoms with Crippen LogP contribution in [0.25, 0.3) is 16.8 Å². The molecule has 0 radical (unpaired) electrons. The molecular weight excluding hydrogens is 321 g/mol. The number of benzene rings is 1. The van der Waals surface area contributed by atoms with Gasteiger partial charge in [0.15, 0.2) is 0 Å². The predicted octanol–water partition coefficient (Wildman–Crippen LogP) is 3.01. The molecule has 0 saturated carbocycles. The molecule has 3 aromatic rings. The van der Waals surface area contributed by atoms with Crippen LogP contribution in [0.3, 0.4) is 0 Å². The number of imidazole rings is 1. The van der Waals surface area contributed by atoms with Gasteiger partial charge < -0.3 is 4.90 Å². The van der Waals surface area contributed by atoms with Gasteiger partial charge in [0.05, 0.1) is 11.0 Å². The third kappa shape index (κ3) is 3.07. The van der Waals surface area contributed by atoms with Gasteiger partial charge in [0.2, 0.25) is 5.78 Å². The molecule has 120 valence electrons. The Morgan fingerprint density at radius 2 is 1.73 bits per heavy atom. The maximum absolute atomic E-state index is 4.68. The van der Waals surface area contributed by atoms with E-state index in [9.17, 15) is 0 Å². The Balaban J connectivity index is 0.000000882. The van der Waals surface area contributed by atoms with Crippen LogP contribution in [0.1, 0.15) is 19.3 Å². The lowest BCUT2D eigenvalue weighted by Gasteiger charge is -2.26. The zero-order valence-electron chi connectivity index (χ0n) is 12.4. The van der Waals surface area contributed by atoms with Crippen LogP contribution in [0, 0.1) is 0 Å². The lowest BCUT2D eigenvalue weighted by atomic mass is 10.1. The van der Waals surface area contributed by atoms with Gasteiger partial charge in [0, 0.05) is 13.1 Å². The second-order valence-corrected chi connectivity index (χ2v) is 5.54. The number of fused-ring (bicyclic) bond motifs is 3. The molecule has 22 heavy (non-hydrogen) atoms. The van der Waals surface area contributed by atoms with Crippen molar-refractivity contribution >= 4 is 41.6 Å². The van der Waals surface area contributed by atoms with Crippen LogP contribution in [-0.4, -0.2) is 43.7 Å². The molecule has 4 rings (SSSR count). The number of piperidine rings is 1. The molecule has 0 unspecified atom stereocenters. The molecule has 0 atom stereocenters. The zero-order valence-corrected chi connectivity index (χ0v) is 14.0. The average molecular weight is 342 g/mol. The van der Waals surface area contributed by atoms with Gasteiger partial charge >= 0.3 is 0 Å². The fourth-order valence-corrected chi connectivity index (χ4v) is 3.06. The topological polar surface area (TPSA) is 38.4 Å². The zero-order chi connectivity index (χ0) is 13.4. The summed E-state index contributed by atoms with van der Waals surface area (Å²) in [5.41, 5.74) is 2.10. The third-order valence-electron chi connectivity index (χ3n) is 4.19. The van der Waals surface area contributed by atoms with Crippen LogP contribution in [0.2, 0.25) is 0 Å². The van der Waals surface area contributed by atoms with E-state index in [1.807, 2.05) is 29.0 Å². The molecule has 1 fully saturated rings. The molecule has 2 aromatic heterocycles. The number of rotatable bonds is 3. The van der Waals surface area contributed by atoms with Crippen molar-refractivity contribution in [1.29, 1.82) is 0 Å². The van der Waals surface area contributed by atoms with Crippen molar-refractivity contribution in [3.63, 3.8) is 0 Å². The summed E-state index contributed by atoms with van der Waals surface area (Å²) in [6.07, 6.45) is 5.97. The van der Waals surface area contributed by atoms with Gasteiger partial charge in [-0.3, -0.25) is 4.57 Å². The fourth-order valence-electron chi connectivity index (χ4n) is 3.06. The van der Waals surface area contributed by atoms with E-state index < -0.39 is 0 Å². The third-order valence-corrected chi connectivity index (χ3v) is 4.19. The average Bonchev–Trinajstić information content (AvgIpc) is 3.05. The predicted molar refractivity (Wildman–Crippen MR) is 93.3 cm³/mol. The smallest absolute Gasteiger partial charge is 0.233 e. The molecule has 5 nitrogen and oxygen atoms in total. The summed E-state index contributed by atoms with van der Waals surface area (Å²) >= 11 is 0. The van der Waals surface area contributed by atoms with Gasteiger partial charge in [0.25, 0.3) is 0 Å². The summed E-state index contributed by atoms with van der Waals surface area (Å²) in [6, 6.07) is 8.16. The highest BCUT2D eigenvalue weighted by molar-refractivity contribution is 5.85. The molecule has 0 amide bonds. The minimum atomic E-state index is 0. The molecule has 0 aliphatic carbocycles. The van der Waals surface area contributed by atoms with Crippen molar-refractivity contribution in [2.24, 2.45) is 0 Å². The van der Waals surface area contributed by atoms with Gasteiger partial charge in [-0.25, -0.2) is 4.98 Å². The van der Waals surface area contributed by atoms with E-state index in [0.29, 0.717) is 0 Å². The lowest BCUT2D eigenvalue weighted by Crippen LogP contribution is -2.32. The van der Waals surface area contributed by atoms with Crippen LogP contribution < -0.4 is 0 Å². The lowest BCUT2D eigenvalue weighted by molar-refractivity contribution is 0.221. The molecule has 0 bridgehead atoms. The number of nitrogens with zero attached hydrogens (tertiary/aromatic N) is 5. The molecule has 0 spiro atoms. The van der Waals surface area contributed by atoms with E-state index in [1.54, 1.807) is 0 Å². The number of aromatic nitrogens is 4. The van der Waals surface area contributed by atoms with Crippen LogP contribution in [0.15, 0.2) is 30.6 Å². The number of para-hydroxylation sites is 2. The summed E-state index contributed by atoms with van der Waals surface area (Å²) in [6.45, 7) is 4.53. The minimum absolute atomic E-state index is 0. The largest absolute Gasteiger partial charge is 0.302 e. The molecule has 1 aliphatic rings. The Bertz CT molecular complexity index is 730. The summed E-state index contributed by atoms with van der Waals surface area (Å²) in [7, 11) is 0. The molecule has 3 heterocycles. The van der Waals surface area contributed by atoms with Gasteiger partial charge in [-0.2, -0.15) is 9.61 Å². The number of halogens is 2. The SMILES string of the molecule is Cl.Cl.c1ccc2c(c1)nc1n(CCN3CCCCC3)cnn21. The molecule has 7 heteroatoms. The maximum Gasteiger partial charge on any atom is 0.233 e. The quantitative estimate of drug-likeness (QED) is 0.734. The molecule has 1 saturated heterocycles. The van der Waals surface area contributed by atoms with Crippen molar-refractivity contribution in [1.82, 2.24) is 24.1 Å². The van der Waals surface area contributed by atoms with Crippen LogP contribution >= 0.6 is 24.8 Å². The number of likely N-dealkylation sites (tertiary alicyclic amines) is 1. The molecule has 1 aliphatic heterocycles. The summed E-state index contributed by atoms with van der Waals surface area (Å²) in [5, 5.41) is 4.47. The van der Waals surface area contributed by atoms with Gasteiger partial charge in [0.1, 0.15) is 6.33 Å². The van der Waals surface area contributed by atoms with E-state index in [1.165, 1.54) is 32.4 Å². The molecule has 0 N–H and O–H groups in total. The van der Waals surface area contributed by atoms with Gasteiger partial charge in [-0.05, 0) is 38.1 Å². The van der Waals surface area contributed by atoms with E-state index in [-0.39, 0.29) is 24.8 Å². The standard InChI is InChI=1S/C15H19N5.2ClH/c1-4-8-18(9-5-1)10-11-19-12-16-20-14-7-3-2-6-13(14)17-15(19)20;;/h2-3,6-7,12H,1,4-5,8-11H2;2*1H. The summed E-state index contributed by atoms with van der Waals surface area (Å²) < 4.78 is 4.10. The Kier molecular flexibility index (Phi) is 5.67. The second-order valence-electron chi connectivity index (χ2n) is 5.54. The normalized spacial score (nSPS) is 15.6. The number of hydrogen-bond acceptors (Lipinski definition) is 3. The summed E-state index contributed by atoms with van der Waals surface area (Å²) in [4.78, 5) is 7.23. The monoisotopic (exact) mass is 341 g/mol. The van der Waals surface area contributed by atoms with E-state index in [4.69, 9.17) is 0 Å². The van der Waals surface area contributed by atoms with Gasteiger partial charge in [-0.1, -0.05) is 18.6 Å². The van der Waals surface area contributed by atoms with Crippen molar-refractivity contribution in [3.8, 4) is 0 Å². The first-order valence-electron chi connectivity index (χ1n) is 7.43. The fraction of sp³-hybridized carbons (Fsp3) is 0.467. The summed E-state index contributed by atoms with van der Waals surface area (Å²) in [5.74, 6) is 0.947. The Morgan fingerprint density at radius 1 is 0.955 bits per heavy atom. The van der Waals surface area contributed by atoms with E-state index >= 15 is 0 Å². The van der Waals surface area contributed by atoms with Crippen molar-refractivity contribution in [2.45, 2.75) is 25.8 Å². The second kappa shape index (κ2) is 7.31. The first-order valence-corrected chi connectivity index (χ1v) is 7.43. The first kappa shape index (κ1) is 17.1. The van der Waals surface area contributed by atoms with Gasteiger partial charge in [-0.15, -0.1) is 24.8 Å². The molecule has 1 aromatic carbocycles. The van der Waals surface area contributed by atoms with Crippen LogP contribution in [0.4, 0.5) is 0 Å². The first-order chi connectivity index (χ1) is 9.92. The highest BCUT2D eigenvalue weighted by atomic mass is 35.5. The number of hydrogen-bond donors (Lipinski definition) is 0. The Labute approximate surface area is 142 Å². The van der Waals surface area contributed by atoms with E-state index in [2.05, 4.69) is 25.6 Å². The molecular formula is C15H21Cl2N5. The minimum Gasteiger partial charge on any atom is -0.302 e. The van der Waals surface area contributed by atoms with Crippen LogP contribution in [-0.2, 0) is 6.54 Å². The maximum atomic E-state index is 4.68. The highest BCUT2D eigenvalue weighted by Crippen LogP contribution is 2.15. The van der Waals surface area contributed by atoms with Crippen molar-refractivity contribution in [3.05, 3.63) is 30.6 Å². The van der Waals surface area contributed by atoms with Crippen LogP contribution in [0.5, 0.6) is 0 Å².